The molecular weight excluding hydrogens is 346 g/mol. The van der Waals surface area contributed by atoms with E-state index in [0.717, 1.165) is 12.0 Å². The number of methoxy groups -OCH3 is 2. The number of rotatable bonds is 8. The van der Waals surface area contributed by atoms with Crippen molar-refractivity contribution in [1.82, 2.24) is 0 Å². The van der Waals surface area contributed by atoms with Crippen LogP contribution in [0.4, 0.5) is 5.69 Å². The maximum absolute atomic E-state index is 12.1. The average molecular weight is 369 g/mol. The van der Waals surface area contributed by atoms with E-state index in [1.807, 2.05) is 19.1 Å². The lowest BCUT2D eigenvalue weighted by Crippen LogP contribution is -2.09. The molecule has 1 N–H and O–H groups in total. The summed E-state index contributed by atoms with van der Waals surface area (Å²) in [6.07, 6.45) is 3.99. The maximum atomic E-state index is 12.1. The lowest BCUT2D eigenvalue weighted by molar-refractivity contribution is -0.111. The van der Waals surface area contributed by atoms with Gasteiger partial charge in [0, 0.05) is 11.8 Å². The first-order valence-electron chi connectivity index (χ1n) is 8.55. The average Bonchev–Trinajstić information content (AvgIpc) is 2.70. The Labute approximate surface area is 158 Å². The van der Waals surface area contributed by atoms with Gasteiger partial charge in [0.25, 0.3) is 0 Å². The normalized spacial score (nSPS) is 10.5. The summed E-state index contributed by atoms with van der Waals surface area (Å²) in [7, 11) is 2.88. The van der Waals surface area contributed by atoms with Gasteiger partial charge < -0.3 is 19.5 Å². The molecule has 0 radical (unpaired) electrons. The quantitative estimate of drug-likeness (QED) is 0.564. The van der Waals surface area contributed by atoms with Gasteiger partial charge in [-0.05, 0) is 48.4 Å². The highest BCUT2D eigenvalue weighted by Crippen LogP contribution is 2.28. The first-order chi connectivity index (χ1) is 13.1. The molecule has 2 rings (SSSR count). The largest absolute Gasteiger partial charge is 0.493 e. The van der Waals surface area contributed by atoms with Crippen LogP contribution in [0.15, 0.2) is 48.5 Å². The number of ether oxygens (including phenoxy) is 3. The SMILES string of the molecule is CCCOc1ccc(C=CC(=O)Nc2cccc(C(=O)OC)c2)cc1OC. The smallest absolute Gasteiger partial charge is 0.337 e. The van der Waals surface area contributed by atoms with Crippen LogP contribution in [-0.4, -0.2) is 32.7 Å². The molecule has 0 bridgehead atoms. The lowest BCUT2D eigenvalue weighted by Gasteiger charge is -2.10. The predicted octanol–water partition coefficient (Wildman–Crippen LogP) is 3.92. The Kier molecular flexibility index (Phi) is 7.43. The van der Waals surface area contributed by atoms with E-state index in [2.05, 4.69) is 10.1 Å². The zero-order valence-electron chi connectivity index (χ0n) is 15.7. The summed E-state index contributed by atoms with van der Waals surface area (Å²) in [5.41, 5.74) is 1.68. The van der Waals surface area contributed by atoms with E-state index >= 15 is 0 Å². The van der Waals surface area contributed by atoms with Gasteiger partial charge in [-0.25, -0.2) is 4.79 Å². The Morgan fingerprint density at radius 3 is 2.59 bits per heavy atom. The number of hydrogen-bond acceptors (Lipinski definition) is 5. The summed E-state index contributed by atoms with van der Waals surface area (Å²) in [6.45, 7) is 2.64. The van der Waals surface area contributed by atoms with Gasteiger partial charge >= 0.3 is 5.97 Å². The van der Waals surface area contributed by atoms with Crippen molar-refractivity contribution >= 4 is 23.6 Å². The molecule has 0 aromatic heterocycles. The Morgan fingerprint density at radius 2 is 1.89 bits per heavy atom. The predicted molar refractivity (Wildman–Crippen MR) is 104 cm³/mol. The molecule has 0 heterocycles. The number of carbonyl (C=O) groups is 2. The molecule has 6 heteroatoms. The Balaban J connectivity index is 2.05. The first kappa shape index (κ1) is 20.0. The van der Waals surface area contributed by atoms with Gasteiger partial charge in [0.15, 0.2) is 11.5 Å². The Bertz CT molecular complexity index is 829. The molecule has 0 aliphatic heterocycles. The van der Waals surface area contributed by atoms with Crippen LogP contribution in [0, 0.1) is 0 Å². The van der Waals surface area contributed by atoms with E-state index in [1.165, 1.54) is 13.2 Å². The molecule has 0 aliphatic carbocycles. The zero-order chi connectivity index (χ0) is 19.6. The molecule has 0 saturated carbocycles. The highest BCUT2D eigenvalue weighted by atomic mass is 16.5. The van der Waals surface area contributed by atoms with E-state index in [0.29, 0.717) is 29.4 Å². The lowest BCUT2D eigenvalue weighted by atomic mass is 10.1. The van der Waals surface area contributed by atoms with Crippen molar-refractivity contribution in [2.75, 3.05) is 26.1 Å². The highest BCUT2D eigenvalue weighted by Gasteiger charge is 2.07. The van der Waals surface area contributed by atoms with Crippen LogP contribution in [-0.2, 0) is 9.53 Å². The van der Waals surface area contributed by atoms with Crippen LogP contribution in [0.2, 0.25) is 0 Å². The van der Waals surface area contributed by atoms with Gasteiger partial charge in [0.2, 0.25) is 5.91 Å². The van der Waals surface area contributed by atoms with E-state index < -0.39 is 5.97 Å². The molecule has 0 aliphatic rings. The number of hydrogen-bond donors (Lipinski definition) is 1. The Morgan fingerprint density at radius 1 is 1.07 bits per heavy atom. The third-order valence-corrected chi connectivity index (χ3v) is 3.63. The first-order valence-corrected chi connectivity index (χ1v) is 8.55. The molecule has 6 nitrogen and oxygen atoms in total. The van der Waals surface area contributed by atoms with Crippen LogP contribution in [0.3, 0.4) is 0 Å². The minimum atomic E-state index is -0.459. The number of nitrogens with one attached hydrogen (secondary N) is 1. The van der Waals surface area contributed by atoms with Crippen molar-refractivity contribution in [2.45, 2.75) is 13.3 Å². The van der Waals surface area contributed by atoms with Crippen molar-refractivity contribution in [3.63, 3.8) is 0 Å². The van der Waals surface area contributed by atoms with Crippen LogP contribution in [0.5, 0.6) is 11.5 Å². The van der Waals surface area contributed by atoms with E-state index in [9.17, 15) is 9.59 Å². The summed E-state index contributed by atoms with van der Waals surface area (Å²) in [6, 6.07) is 12.0. The van der Waals surface area contributed by atoms with E-state index in [1.54, 1.807) is 43.5 Å². The van der Waals surface area contributed by atoms with Gasteiger partial charge in [-0.2, -0.15) is 0 Å². The van der Waals surface area contributed by atoms with Gasteiger partial charge in [-0.3, -0.25) is 4.79 Å². The molecule has 0 spiro atoms. The number of benzene rings is 2. The number of esters is 1. The fourth-order valence-electron chi connectivity index (χ4n) is 2.32. The van der Waals surface area contributed by atoms with Gasteiger partial charge in [-0.1, -0.05) is 19.1 Å². The monoisotopic (exact) mass is 369 g/mol. The number of anilines is 1. The minimum absolute atomic E-state index is 0.317. The molecule has 27 heavy (non-hydrogen) atoms. The fourth-order valence-corrected chi connectivity index (χ4v) is 2.32. The molecule has 1 amide bonds. The number of carbonyl (C=O) groups excluding carboxylic acids is 2. The Hall–Kier alpha value is -3.28. The van der Waals surface area contributed by atoms with E-state index in [-0.39, 0.29) is 5.91 Å². The second kappa shape index (κ2) is 10.0. The summed E-state index contributed by atoms with van der Waals surface area (Å²) < 4.78 is 15.6. The van der Waals surface area contributed by atoms with Crippen LogP contribution < -0.4 is 14.8 Å². The van der Waals surface area contributed by atoms with Crippen molar-refractivity contribution < 1.29 is 23.8 Å². The molecule has 0 atom stereocenters. The highest BCUT2D eigenvalue weighted by molar-refractivity contribution is 6.02. The fraction of sp³-hybridized carbons (Fsp3) is 0.238. The van der Waals surface area contributed by atoms with Gasteiger partial charge in [0.05, 0.1) is 26.4 Å². The molecule has 0 unspecified atom stereocenters. The molecular formula is C21H23NO5. The van der Waals surface area contributed by atoms with Gasteiger partial charge in [0.1, 0.15) is 0 Å². The summed E-state index contributed by atoms with van der Waals surface area (Å²) >= 11 is 0. The molecule has 2 aromatic rings. The van der Waals surface area contributed by atoms with Crippen molar-refractivity contribution in [3.05, 3.63) is 59.7 Å². The van der Waals surface area contributed by atoms with Crippen molar-refractivity contribution in [3.8, 4) is 11.5 Å². The molecule has 2 aromatic carbocycles. The van der Waals surface area contributed by atoms with Crippen LogP contribution >= 0.6 is 0 Å². The second-order valence-corrected chi connectivity index (χ2v) is 5.65. The molecule has 0 saturated heterocycles. The minimum Gasteiger partial charge on any atom is -0.493 e. The van der Waals surface area contributed by atoms with Crippen LogP contribution in [0.25, 0.3) is 6.08 Å². The van der Waals surface area contributed by atoms with Crippen LogP contribution in [0.1, 0.15) is 29.3 Å². The topological polar surface area (TPSA) is 73.9 Å². The standard InChI is InChI=1S/C21H23NO5/c1-4-12-27-18-10-8-15(13-19(18)25-2)9-11-20(23)22-17-7-5-6-16(14-17)21(24)26-3/h5-11,13-14H,4,12H2,1-3H3,(H,22,23). The second-order valence-electron chi connectivity index (χ2n) is 5.65. The van der Waals surface area contributed by atoms with E-state index in [4.69, 9.17) is 9.47 Å². The van der Waals surface area contributed by atoms with Crippen molar-refractivity contribution in [1.29, 1.82) is 0 Å². The maximum Gasteiger partial charge on any atom is 0.337 e. The summed E-state index contributed by atoms with van der Waals surface area (Å²) in [5, 5.41) is 2.71. The third-order valence-electron chi connectivity index (χ3n) is 3.63. The number of amides is 1. The summed E-state index contributed by atoms with van der Waals surface area (Å²) in [4.78, 5) is 23.7. The molecule has 142 valence electrons. The van der Waals surface area contributed by atoms with Crippen molar-refractivity contribution in [2.24, 2.45) is 0 Å². The van der Waals surface area contributed by atoms with Gasteiger partial charge in [-0.15, -0.1) is 0 Å². The molecule has 0 fully saturated rings. The third kappa shape index (κ3) is 5.88. The summed E-state index contributed by atoms with van der Waals surface area (Å²) in [5.74, 6) is 0.499. The zero-order valence-corrected chi connectivity index (χ0v) is 15.7.